The van der Waals surface area contributed by atoms with E-state index in [1.54, 1.807) is 26.0 Å². The van der Waals surface area contributed by atoms with Crippen LogP contribution in [0, 0.1) is 11.7 Å². The summed E-state index contributed by atoms with van der Waals surface area (Å²) in [6.45, 7) is 4.98. The minimum Gasteiger partial charge on any atom is -0.340 e. The molecule has 35 heavy (non-hydrogen) atoms. The van der Waals surface area contributed by atoms with Crippen LogP contribution < -0.4 is 15.4 Å². The van der Waals surface area contributed by atoms with Crippen molar-refractivity contribution in [1.29, 1.82) is 0 Å². The van der Waals surface area contributed by atoms with Gasteiger partial charge in [-0.25, -0.2) is 8.78 Å². The zero-order chi connectivity index (χ0) is 25.4. The summed E-state index contributed by atoms with van der Waals surface area (Å²) in [4.78, 5) is 29.1. The molecule has 2 aromatic rings. The molecular weight excluding hydrogens is 470 g/mol. The lowest BCUT2D eigenvalue weighted by atomic mass is 9.90. The molecule has 1 heterocycles. The lowest BCUT2D eigenvalue weighted by molar-refractivity contribution is -0.118. The van der Waals surface area contributed by atoms with Crippen LogP contribution in [-0.2, 0) is 4.79 Å². The number of benzene rings is 2. The van der Waals surface area contributed by atoms with Crippen molar-refractivity contribution in [1.82, 2.24) is 14.9 Å². The third kappa shape index (κ3) is 8.59. The third-order valence-corrected chi connectivity index (χ3v) is 7.20. The summed E-state index contributed by atoms with van der Waals surface area (Å²) in [6.07, 6.45) is 2.45. The monoisotopic (exact) mass is 504 g/mol. The second kappa shape index (κ2) is 12.5. The van der Waals surface area contributed by atoms with Crippen molar-refractivity contribution in [2.24, 2.45) is 5.92 Å². The van der Waals surface area contributed by atoms with E-state index < -0.39 is 30.0 Å². The zero-order valence-corrected chi connectivity index (χ0v) is 21.3. The largest absolute Gasteiger partial charge is 0.340 e. The van der Waals surface area contributed by atoms with E-state index >= 15 is 0 Å². The molecule has 2 amide bonds. The van der Waals surface area contributed by atoms with Crippen LogP contribution in [-0.4, -0.2) is 55.1 Å². The summed E-state index contributed by atoms with van der Waals surface area (Å²) in [6, 6.07) is 11.8. The predicted octanol–water partition coefficient (Wildman–Crippen LogP) is 4.64. The molecule has 1 aliphatic heterocycles. The molecule has 2 aromatic carbocycles. The molecule has 0 saturated carbocycles. The van der Waals surface area contributed by atoms with Gasteiger partial charge in [-0.15, -0.1) is 0 Å². The number of likely N-dealkylation sites (tertiary alicyclic amines) is 1. The average molecular weight is 505 g/mol. The summed E-state index contributed by atoms with van der Waals surface area (Å²) >= 11 is 1.33. The standard InChI is InChI=1S/C26H34F2N4O2S/c1-26(2,17-27)31-35-22-10-8-21(9-11-22)29-25(34)23(16-18-12-14-32(3)15-13-18)30-24(33)19-4-6-20(28)7-5-19/h4-11,18,23,31H,12-17H2,1-3H3,(H,29,34)(H,30,33). The van der Waals surface area contributed by atoms with E-state index in [1.807, 2.05) is 12.1 Å². The van der Waals surface area contributed by atoms with Gasteiger partial charge in [0.1, 0.15) is 18.5 Å². The van der Waals surface area contributed by atoms with Gasteiger partial charge in [-0.05, 0) is 120 Å². The van der Waals surface area contributed by atoms with Crippen molar-refractivity contribution in [3.05, 3.63) is 59.9 Å². The van der Waals surface area contributed by atoms with Gasteiger partial charge < -0.3 is 15.5 Å². The lowest BCUT2D eigenvalue weighted by Crippen LogP contribution is -2.46. The number of hydrogen-bond acceptors (Lipinski definition) is 5. The first kappa shape index (κ1) is 27.1. The topological polar surface area (TPSA) is 73.5 Å². The van der Waals surface area contributed by atoms with Crippen molar-refractivity contribution in [2.75, 3.05) is 32.1 Å². The van der Waals surface area contributed by atoms with Gasteiger partial charge >= 0.3 is 0 Å². The molecule has 190 valence electrons. The zero-order valence-electron chi connectivity index (χ0n) is 20.4. The van der Waals surface area contributed by atoms with Gasteiger partial charge in [-0.1, -0.05) is 0 Å². The van der Waals surface area contributed by atoms with E-state index in [-0.39, 0.29) is 5.91 Å². The Balaban J connectivity index is 1.65. The molecule has 0 radical (unpaired) electrons. The number of rotatable bonds is 10. The first-order valence-corrected chi connectivity index (χ1v) is 12.6. The molecule has 0 bridgehead atoms. The Morgan fingerprint density at radius 2 is 1.71 bits per heavy atom. The number of carbonyl (C=O) groups excluding carboxylic acids is 2. The minimum absolute atomic E-state index is 0.295. The highest BCUT2D eigenvalue weighted by atomic mass is 32.2. The van der Waals surface area contributed by atoms with Gasteiger partial charge in [-0.2, -0.15) is 0 Å². The van der Waals surface area contributed by atoms with Crippen molar-refractivity contribution < 1.29 is 18.4 Å². The Morgan fingerprint density at radius 1 is 1.09 bits per heavy atom. The van der Waals surface area contributed by atoms with Gasteiger partial charge in [0.15, 0.2) is 0 Å². The van der Waals surface area contributed by atoms with Crippen LogP contribution in [0.15, 0.2) is 53.4 Å². The highest BCUT2D eigenvalue weighted by molar-refractivity contribution is 7.97. The van der Waals surface area contributed by atoms with Crippen LogP contribution in [0.25, 0.3) is 0 Å². The number of nitrogens with zero attached hydrogens (tertiary/aromatic N) is 1. The minimum atomic E-state index is -0.720. The van der Waals surface area contributed by atoms with E-state index in [9.17, 15) is 18.4 Å². The molecule has 3 N–H and O–H groups in total. The average Bonchev–Trinajstić information content (AvgIpc) is 2.85. The fourth-order valence-electron chi connectivity index (χ4n) is 3.77. The van der Waals surface area contributed by atoms with Crippen LogP contribution >= 0.6 is 11.9 Å². The number of alkyl halides is 1. The Labute approximate surface area is 210 Å². The summed E-state index contributed by atoms with van der Waals surface area (Å²) in [5, 5.41) is 5.75. The van der Waals surface area contributed by atoms with Crippen LogP contribution in [0.5, 0.6) is 0 Å². The second-order valence-corrected chi connectivity index (χ2v) is 10.6. The molecular formula is C26H34F2N4O2S. The number of piperidine rings is 1. The number of nitrogens with one attached hydrogen (secondary N) is 3. The van der Waals surface area contributed by atoms with E-state index in [4.69, 9.17) is 0 Å². The molecule has 9 heteroatoms. The highest BCUT2D eigenvalue weighted by Gasteiger charge is 2.27. The molecule has 1 saturated heterocycles. The molecule has 3 rings (SSSR count). The molecule has 1 atom stereocenters. The van der Waals surface area contributed by atoms with Crippen LogP contribution in [0.2, 0.25) is 0 Å². The van der Waals surface area contributed by atoms with Gasteiger partial charge in [0.05, 0.1) is 5.54 Å². The Hall–Kier alpha value is -2.49. The molecule has 6 nitrogen and oxygen atoms in total. The van der Waals surface area contributed by atoms with Crippen molar-refractivity contribution in [3.63, 3.8) is 0 Å². The van der Waals surface area contributed by atoms with Gasteiger partial charge in [0.2, 0.25) is 5.91 Å². The Morgan fingerprint density at radius 3 is 2.31 bits per heavy atom. The summed E-state index contributed by atoms with van der Waals surface area (Å²) in [5.74, 6) is -0.811. The fourth-order valence-corrected chi connectivity index (χ4v) is 4.49. The molecule has 1 aliphatic rings. The molecule has 0 aromatic heterocycles. The van der Waals surface area contributed by atoms with E-state index in [1.165, 1.54) is 36.2 Å². The molecule has 1 unspecified atom stereocenters. The number of anilines is 1. The summed E-state index contributed by atoms with van der Waals surface area (Å²) in [7, 11) is 2.08. The maximum Gasteiger partial charge on any atom is 0.251 e. The molecule has 0 aliphatic carbocycles. The number of halogens is 2. The quantitative estimate of drug-likeness (QED) is 0.411. The van der Waals surface area contributed by atoms with E-state index in [2.05, 4.69) is 27.3 Å². The van der Waals surface area contributed by atoms with E-state index in [0.29, 0.717) is 23.6 Å². The maximum atomic E-state index is 13.3. The van der Waals surface area contributed by atoms with Crippen molar-refractivity contribution in [3.8, 4) is 0 Å². The van der Waals surface area contributed by atoms with Crippen LogP contribution in [0.1, 0.15) is 43.5 Å². The number of amides is 2. The SMILES string of the molecule is CN1CCC(CC(NC(=O)c2ccc(F)cc2)C(=O)Nc2ccc(SNC(C)(C)CF)cc2)CC1. The molecule has 0 spiro atoms. The smallest absolute Gasteiger partial charge is 0.251 e. The normalized spacial score (nSPS) is 16.0. The third-order valence-electron chi connectivity index (χ3n) is 6.04. The number of hydrogen-bond donors (Lipinski definition) is 3. The molecule has 1 fully saturated rings. The van der Waals surface area contributed by atoms with Gasteiger partial charge in [-0.3, -0.25) is 14.3 Å². The Bertz CT molecular complexity index is 978. The first-order valence-electron chi connectivity index (χ1n) is 11.8. The first-order chi connectivity index (χ1) is 16.6. The summed E-state index contributed by atoms with van der Waals surface area (Å²) in [5.41, 5.74) is 0.271. The van der Waals surface area contributed by atoms with Crippen molar-refractivity contribution >= 4 is 29.4 Å². The van der Waals surface area contributed by atoms with Gasteiger partial charge in [0, 0.05) is 16.1 Å². The van der Waals surface area contributed by atoms with Crippen LogP contribution in [0.4, 0.5) is 14.5 Å². The van der Waals surface area contributed by atoms with Gasteiger partial charge in [0.25, 0.3) is 5.91 Å². The van der Waals surface area contributed by atoms with E-state index in [0.717, 1.165) is 30.8 Å². The van der Waals surface area contributed by atoms with Crippen LogP contribution in [0.3, 0.4) is 0 Å². The van der Waals surface area contributed by atoms with Crippen molar-refractivity contribution in [2.45, 2.75) is 49.6 Å². The summed E-state index contributed by atoms with van der Waals surface area (Å²) < 4.78 is 29.3. The second-order valence-electron chi connectivity index (χ2n) is 9.75. The lowest BCUT2D eigenvalue weighted by Gasteiger charge is -2.31. The predicted molar refractivity (Wildman–Crippen MR) is 137 cm³/mol. The fraction of sp³-hybridized carbons (Fsp3) is 0.462. The number of carbonyl (C=O) groups is 2. The Kier molecular flexibility index (Phi) is 9.65. The maximum absolute atomic E-state index is 13.3. The highest BCUT2D eigenvalue weighted by Crippen LogP contribution is 2.24.